The minimum atomic E-state index is -0.0931. The second-order valence-electron chi connectivity index (χ2n) is 5.23. The molecule has 0 bridgehead atoms. The molecule has 4 heteroatoms. The molecule has 0 fully saturated rings. The molecule has 0 spiro atoms. The van der Waals surface area contributed by atoms with Crippen LogP contribution in [0.15, 0.2) is 48.5 Å². The van der Waals surface area contributed by atoms with Crippen molar-refractivity contribution in [1.82, 2.24) is 0 Å². The zero-order chi connectivity index (χ0) is 15.4. The van der Waals surface area contributed by atoms with Gasteiger partial charge in [-0.15, -0.1) is 0 Å². The van der Waals surface area contributed by atoms with Gasteiger partial charge in [0.15, 0.2) is 0 Å². The van der Waals surface area contributed by atoms with Gasteiger partial charge in [-0.3, -0.25) is 4.79 Å². The molecule has 0 saturated heterocycles. The van der Waals surface area contributed by atoms with Gasteiger partial charge in [-0.05, 0) is 50.2 Å². The number of nitrogens with zero attached hydrogens (tertiary/aromatic N) is 1. The third-order valence-corrected chi connectivity index (χ3v) is 3.14. The molecule has 0 aliphatic rings. The Labute approximate surface area is 125 Å². The normalized spacial score (nSPS) is 10.5. The van der Waals surface area contributed by atoms with Gasteiger partial charge in [0, 0.05) is 24.5 Å². The number of phenolic OH excluding ortho intramolecular Hbond substituents is 1. The second kappa shape index (κ2) is 6.31. The van der Waals surface area contributed by atoms with E-state index in [9.17, 15) is 9.90 Å². The largest absolute Gasteiger partial charge is 0.508 e. The zero-order valence-electron chi connectivity index (χ0n) is 12.5. The summed E-state index contributed by atoms with van der Waals surface area (Å²) >= 11 is 0. The van der Waals surface area contributed by atoms with Gasteiger partial charge < -0.3 is 15.3 Å². The van der Waals surface area contributed by atoms with Gasteiger partial charge in [0.05, 0.1) is 5.56 Å². The maximum Gasteiger partial charge on any atom is 0.260 e. The van der Waals surface area contributed by atoms with Gasteiger partial charge in [0.1, 0.15) is 5.75 Å². The summed E-state index contributed by atoms with van der Waals surface area (Å²) in [6.45, 7) is 4.07. The Hall–Kier alpha value is -2.49. The first kappa shape index (κ1) is 14.9. The fraction of sp³-hybridized carbons (Fsp3) is 0.235. The highest BCUT2D eigenvalue weighted by Crippen LogP contribution is 2.22. The minimum Gasteiger partial charge on any atom is -0.508 e. The number of phenols is 1. The summed E-state index contributed by atoms with van der Waals surface area (Å²) in [7, 11) is 1.72. The molecule has 2 aromatic rings. The molecule has 2 rings (SSSR count). The monoisotopic (exact) mass is 284 g/mol. The molecular formula is C17H20N2O2. The molecule has 1 amide bonds. The van der Waals surface area contributed by atoms with Crippen molar-refractivity contribution in [2.45, 2.75) is 19.9 Å². The summed E-state index contributed by atoms with van der Waals surface area (Å²) in [6, 6.07) is 14.3. The Bertz CT molecular complexity index is 621. The number of carbonyl (C=O) groups is 1. The third-order valence-electron chi connectivity index (χ3n) is 3.14. The fourth-order valence-electron chi connectivity index (χ4n) is 2.08. The number of hydrogen-bond donors (Lipinski definition) is 2. The van der Waals surface area contributed by atoms with Crippen LogP contribution in [0.2, 0.25) is 0 Å². The highest BCUT2D eigenvalue weighted by Gasteiger charge is 2.17. The molecule has 0 aliphatic carbocycles. The topological polar surface area (TPSA) is 52.6 Å². The second-order valence-corrected chi connectivity index (χ2v) is 5.23. The van der Waals surface area contributed by atoms with Gasteiger partial charge in [-0.1, -0.05) is 12.1 Å². The number of aromatic hydroxyl groups is 1. The summed E-state index contributed by atoms with van der Waals surface area (Å²) in [4.78, 5) is 14.2. The number of amides is 1. The summed E-state index contributed by atoms with van der Waals surface area (Å²) in [5, 5.41) is 12.6. The van der Waals surface area contributed by atoms with E-state index >= 15 is 0 Å². The maximum absolute atomic E-state index is 12.7. The molecule has 0 unspecified atom stereocenters. The molecule has 0 saturated carbocycles. The van der Waals surface area contributed by atoms with Crippen molar-refractivity contribution < 1.29 is 9.90 Å². The first-order valence-electron chi connectivity index (χ1n) is 6.91. The molecule has 0 aromatic heterocycles. The third kappa shape index (κ3) is 3.54. The van der Waals surface area contributed by atoms with Crippen molar-refractivity contribution in [3.8, 4) is 5.75 Å². The van der Waals surface area contributed by atoms with E-state index in [2.05, 4.69) is 5.32 Å². The molecule has 2 N–H and O–H groups in total. The number of nitrogens with one attached hydrogen (secondary N) is 1. The van der Waals surface area contributed by atoms with Crippen LogP contribution >= 0.6 is 0 Å². The number of para-hydroxylation sites is 1. The highest BCUT2D eigenvalue weighted by molar-refractivity contribution is 6.09. The standard InChI is InChI=1S/C17H20N2O2/c1-12(2)18-16-7-5-4-6-15(16)17(21)19(3)13-8-10-14(20)11-9-13/h4-12,18,20H,1-3H3. The Morgan fingerprint density at radius 1 is 1.10 bits per heavy atom. The molecule has 0 atom stereocenters. The first-order valence-corrected chi connectivity index (χ1v) is 6.91. The fourth-order valence-corrected chi connectivity index (χ4v) is 2.08. The summed E-state index contributed by atoms with van der Waals surface area (Å²) in [5.74, 6) is 0.0888. The van der Waals surface area contributed by atoms with Gasteiger partial charge in [0.25, 0.3) is 5.91 Å². The van der Waals surface area contributed by atoms with Crippen molar-refractivity contribution in [3.05, 3.63) is 54.1 Å². The van der Waals surface area contributed by atoms with Crippen LogP contribution in [0.5, 0.6) is 5.75 Å². The maximum atomic E-state index is 12.7. The average Bonchev–Trinajstić information content (AvgIpc) is 2.46. The van der Waals surface area contributed by atoms with Crippen LogP contribution in [-0.2, 0) is 0 Å². The lowest BCUT2D eigenvalue weighted by Crippen LogP contribution is -2.27. The van der Waals surface area contributed by atoms with Crippen LogP contribution in [0.4, 0.5) is 11.4 Å². The van der Waals surface area contributed by atoms with Gasteiger partial charge in [-0.25, -0.2) is 0 Å². The van der Waals surface area contributed by atoms with Crippen molar-refractivity contribution in [2.75, 3.05) is 17.3 Å². The van der Waals surface area contributed by atoms with E-state index in [4.69, 9.17) is 0 Å². The first-order chi connectivity index (χ1) is 9.99. The van der Waals surface area contributed by atoms with Crippen molar-refractivity contribution in [1.29, 1.82) is 0 Å². The molecule has 0 heterocycles. The number of anilines is 2. The highest BCUT2D eigenvalue weighted by atomic mass is 16.3. The Morgan fingerprint density at radius 2 is 1.71 bits per heavy atom. The lowest BCUT2D eigenvalue weighted by molar-refractivity contribution is 0.0993. The van der Waals surface area contributed by atoms with Crippen LogP contribution in [-0.4, -0.2) is 24.1 Å². The lowest BCUT2D eigenvalue weighted by atomic mass is 10.1. The SMILES string of the molecule is CC(C)Nc1ccccc1C(=O)N(C)c1ccc(O)cc1. The molecule has 110 valence electrons. The van der Waals surface area contributed by atoms with Crippen molar-refractivity contribution in [2.24, 2.45) is 0 Å². The molecular weight excluding hydrogens is 264 g/mol. The molecule has 4 nitrogen and oxygen atoms in total. The molecule has 2 aromatic carbocycles. The van der Waals surface area contributed by atoms with Gasteiger partial charge in [0.2, 0.25) is 0 Å². The van der Waals surface area contributed by atoms with E-state index in [-0.39, 0.29) is 17.7 Å². The Kier molecular flexibility index (Phi) is 4.48. The van der Waals surface area contributed by atoms with Crippen LogP contribution in [0.3, 0.4) is 0 Å². The lowest BCUT2D eigenvalue weighted by Gasteiger charge is -2.20. The Balaban J connectivity index is 2.29. The molecule has 21 heavy (non-hydrogen) atoms. The van der Waals surface area contributed by atoms with E-state index in [0.29, 0.717) is 5.56 Å². The Morgan fingerprint density at radius 3 is 2.33 bits per heavy atom. The number of hydrogen-bond acceptors (Lipinski definition) is 3. The zero-order valence-corrected chi connectivity index (χ0v) is 12.5. The summed E-state index contributed by atoms with van der Waals surface area (Å²) in [5.41, 5.74) is 2.18. The molecule has 0 aliphatic heterocycles. The summed E-state index contributed by atoms with van der Waals surface area (Å²) in [6.07, 6.45) is 0. The van der Waals surface area contributed by atoms with Crippen molar-refractivity contribution >= 4 is 17.3 Å². The van der Waals surface area contributed by atoms with E-state index < -0.39 is 0 Å². The van der Waals surface area contributed by atoms with Crippen LogP contribution in [0.25, 0.3) is 0 Å². The van der Waals surface area contributed by atoms with E-state index in [1.165, 1.54) is 0 Å². The van der Waals surface area contributed by atoms with Gasteiger partial charge in [-0.2, -0.15) is 0 Å². The number of carbonyl (C=O) groups excluding carboxylic acids is 1. The predicted octanol–water partition coefficient (Wildman–Crippen LogP) is 3.49. The van der Waals surface area contributed by atoms with E-state index in [1.807, 2.05) is 38.1 Å². The number of rotatable bonds is 4. The minimum absolute atomic E-state index is 0.0931. The number of benzene rings is 2. The quantitative estimate of drug-likeness (QED) is 0.903. The smallest absolute Gasteiger partial charge is 0.260 e. The van der Waals surface area contributed by atoms with Crippen LogP contribution in [0.1, 0.15) is 24.2 Å². The van der Waals surface area contributed by atoms with Gasteiger partial charge >= 0.3 is 0 Å². The van der Waals surface area contributed by atoms with Crippen LogP contribution in [0, 0.1) is 0 Å². The summed E-state index contributed by atoms with van der Waals surface area (Å²) < 4.78 is 0. The van der Waals surface area contributed by atoms with E-state index in [0.717, 1.165) is 11.4 Å². The predicted molar refractivity (Wildman–Crippen MR) is 86.0 cm³/mol. The molecule has 0 radical (unpaired) electrons. The van der Waals surface area contributed by atoms with Crippen molar-refractivity contribution in [3.63, 3.8) is 0 Å². The average molecular weight is 284 g/mol. The van der Waals surface area contributed by atoms with Crippen LogP contribution < -0.4 is 10.2 Å². The van der Waals surface area contributed by atoms with E-state index in [1.54, 1.807) is 36.2 Å².